The molecule has 6 heteroatoms. The molecule has 3 rings (SSSR count). The zero-order valence-corrected chi connectivity index (χ0v) is 13.1. The molecule has 2 saturated heterocycles. The Bertz CT molecular complexity index is 382. The van der Waals surface area contributed by atoms with Crippen molar-refractivity contribution in [2.24, 2.45) is 18.9 Å². The van der Waals surface area contributed by atoms with E-state index in [-0.39, 0.29) is 24.8 Å². The number of hydrogen-bond acceptors (Lipinski definition) is 3. The molecule has 2 fully saturated rings. The molecule has 4 nitrogen and oxygen atoms in total. The molecule has 0 aromatic carbocycles. The molecule has 3 heterocycles. The minimum Gasteiger partial charge on any atom is -0.316 e. The van der Waals surface area contributed by atoms with Crippen LogP contribution in [0.1, 0.15) is 12.0 Å². The number of halogens is 2. The minimum absolute atomic E-state index is 0. The summed E-state index contributed by atoms with van der Waals surface area (Å²) in [5, 5.41) is 7.74. The first-order valence-electron chi connectivity index (χ1n) is 6.72. The summed E-state index contributed by atoms with van der Waals surface area (Å²) in [7, 11) is 1.99. The van der Waals surface area contributed by atoms with Gasteiger partial charge in [-0.3, -0.25) is 4.68 Å². The van der Waals surface area contributed by atoms with Crippen molar-refractivity contribution in [1.82, 2.24) is 20.0 Å². The van der Waals surface area contributed by atoms with Crippen molar-refractivity contribution < 1.29 is 0 Å². The first kappa shape index (κ1) is 16.8. The quantitative estimate of drug-likeness (QED) is 0.915. The van der Waals surface area contributed by atoms with Crippen LogP contribution in [-0.2, 0) is 13.5 Å². The zero-order chi connectivity index (χ0) is 11.7. The van der Waals surface area contributed by atoms with E-state index in [1.54, 1.807) is 0 Å². The predicted octanol–water partition coefficient (Wildman–Crippen LogP) is 1.35. The van der Waals surface area contributed by atoms with Crippen LogP contribution >= 0.6 is 24.8 Å². The highest BCUT2D eigenvalue weighted by Crippen LogP contribution is 2.26. The van der Waals surface area contributed by atoms with Gasteiger partial charge in [0.2, 0.25) is 0 Å². The van der Waals surface area contributed by atoms with Gasteiger partial charge in [0.1, 0.15) is 0 Å². The maximum absolute atomic E-state index is 4.22. The molecule has 0 spiro atoms. The molecule has 1 aromatic rings. The smallest absolute Gasteiger partial charge is 0.0522 e. The standard InChI is InChI=1S/C13H22N4.2ClH/c1-16-9-11(6-15-16)2-4-17-5-3-12-7-14-8-13(12)10-17;;/h6,9,12-14H,2-5,7-8,10H2,1H3;2*1H. The van der Waals surface area contributed by atoms with Crippen LogP contribution in [0.2, 0.25) is 0 Å². The number of aryl methyl sites for hydroxylation is 1. The van der Waals surface area contributed by atoms with Gasteiger partial charge in [-0.25, -0.2) is 0 Å². The fourth-order valence-corrected chi connectivity index (χ4v) is 3.20. The van der Waals surface area contributed by atoms with Gasteiger partial charge in [0.25, 0.3) is 0 Å². The highest BCUT2D eigenvalue weighted by Gasteiger charge is 2.32. The average molecular weight is 307 g/mol. The summed E-state index contributed by atoms with van der Waals surface area (Å²) in [6, 6.07) is 0. The van der Waals surface area contributed by atoms with Crippen LogP contribution in [0.3, 0.4) is 0 Å². The molecule has 0 radical (unpaired) electrons. The fraction of sp³-hybridized carbons (Fsp3) is 0.769. The third-order valence-corrected chi connectivity index (χ3v) is 4.26. The lowest BCUT2D eigenvalue weighted by atomic mass is 9.88. The number of nitrogens with one attached hydrogen (secondary N) is 1. The molecule has 2 unspecified atom stereocenters. The maximum atomic E-state index is 4.22. The Kier molecular flexibility index (Phi) is 6.60. The Morgan fingerprint density at radius 3 is 2.84 bits per heavy atom. The Labute approximate surface area is 127 Å². The number of likely N-dealkylation sites (tertiary alicyclic amines) is 1. The molecular weight excluding hydrogens is 283 g/mol. The molecule has 0 bridgehead atoms. The van der Waals surface area contributed by atoms with Gasteiger partial charge < -0.3 is 10.2 Å². The number of hydrogen-bond donors (Lipinski definition) is 1. The minimum atomic E-state index is 0. The van der Waals surface area contributed by atoms with Crippen LogP contribution in [-0.4, -0.2) is 47.4 Å². The van der Waals surface area contributed by atoms with E-state index in [9.17, 15) is 0 Å². The monoisotopic (exact) mass is 306 g/mol. The first-order valence-corrected chi connectivity index (χ1v) is 6.72. The Morgan fingerprint density at radius 1 is 1.32 bits per heavy atom. The second-order valence-electron chi connectivity index (χ2n) is 5.54. The van der Waals surface area contributed by atoms with Crippen molar-refractivity contribution >= 4 is 24.8 Å². The van der Waals surface area contributed by atoms with Gasteiger partial charge in [-0.1, -0.05) is 0 Å². The fourth-order valence-electron chi connectivity index (χ4n) is 3.20. The third-order valence-electron chi connectivity index (χ3n) is 4.26. The van der Waals surface area contributed by atoms with Gasteiger partial charge in [0.15, 0.2) is 0 Å². The molecule has 1 aromatic heterocycles. The number of piperidine rings is 1. The molecule has 0 aliphatic carbocycles. The normalized spacial score (nSPS) is 26.4. The number of rotatable bonds is 3. The molecule has 0 amide bonds. The van der Waals surface area contributed by atoms with Crippen LogP contribution < -0.4 is 5.32 Å². The molecule has 2 aliphatic rings. The van der Waals surface area contributed by atoms with E-state index in [1.807, 2.05) is 17.9 Å². The van der Waals surface area contributed by atoms with Gasteiger partial charge in [0, 0.05) is 26.3 Å². The lowest BCUT2D eigenvalue weighted by molar-refractivity contribution is 0.150. The van der Waals surface area contributed by atoms with E-state index in [4.69, 9.17) is 0 Å². The van der Waals surface area contributed by atoms with Crippen molar-refractivity contribution in [2.45, 2.75) is 12.8 Å². The lowest BCUT2D eigenvalue weighted by Gasteiger charge is -2.34. The molecule has 2 aliphatic heterocycles. The number of nitrogens with zero attached hydrogens (tertiary/aromatic N) is 3. The lowest BCUT2D eigenvalue weighted by Crippen LogP contribution is -2.40. The van der Waals surface area contributed by atoms with Gasteiger partial charge in [0.05, 0.1) is 6.20 Å². The summed E-state index contributed by atoms with van der Waals surface area (Å²) >= 11 is 0. The van der Waals surface area contributed by atoms with Gasteiger partial charge in [-0.2, -0.15) is 5.10 Å². The van der Waals surface area contributed by atoms with Crippen LogP contribution in [0, 0.1) is 11.8 Å². The van der Waals surface area contributed by atoms with Crippen molar-refractivity contribution in [3.8, 4) is 0 Å². The van der Waals surface area contributed by atoms with Crippen molar-refractivity contribution in [2.75, 3.05) is 32.7 Å². The topological polar surface area (TPSA) is 33.1 Å². The predicted molar refractivity (Wildman–Crippen MR) is 82.3 cm³/mol. The van der Waals surface area contributed by atoms with E-state index in [2.05, 4.69) is 21.5 Å². The summed E-state index contributed by atoms with van der Waals surface area (Å²) in [6.07, 6.45) is 6.64. The summed E-state index contributed by atoms with van der Waals surface area (Å²) in [5.41, 5.74) is 1.36. The average Bonchev–Trinajstić information content (AvgIpc) is 2.94. The molecule has 1 N–H and O–H groups in total. The van der Waals surface area contributed by atoms with Crippen molar-refractivity contribution in [3.63, 3.8) is 0 Å². The first-order chi connectivity index (χ1) is 8.31. The Morgan fingerprint density at radius 2 is 2.11 bits per heavy atom. The van der Waals surface area contributed by atoms with Crippen LogP contribution in [0.15, 0.2) is 12.4 Å². The van der Waals surface area contributed by atoms with E-state index < -0.39 is 0 Å². The second-order valence-corrected chi connectivity index (χ2v) is 5.54. The molecule has 2 atom stereocenters. The van der Waals surface area contributed by atoms with E-state index in [0.29, 0.717) is 0 Å². The molecule has 0 saturated carbocycles. The molecule has 110 valence electrons. The summed E-state index contributed by atoms with van der Waals surface area (Å²) in [6.45, 7) is 6.24. The van der Waals surface area contributed by atoms with Gasteiger partial charge in [-0.15, -0.1) is 24.8 Å². The number of fused-ring (bicyclic) bond motifs is 1. The summed E-state index contributed by atoms with van der Waals surface area (Å²) < 4.78 is 1.89. The highest BCUT2D eigenvalue weighted by atomic mass is 35.5. The van der Waals surface area contributed by atoms with Gasteiger partial charge in [-0.05, 0) is 49.9 Å². The Hall–Kier alpha value is -0.290. The third kappa shape index (κ3) is 4.09. The van der Waals surface area contributed by atoms with Gasteiger partial charge >= 0.3 is 0 Å². The Balaban J connectivity index is 0.000000902. The van der Waals surface area contributed by atoms with Crippen molar-refractivity contribution in [1.29, 1.82) is 0 Å². The van der Waals surface area contributed by atoms with Crippen LogP contribution in [0.4, 0.5) is 0 Å². The highest BCUT2D eigenvalue weighted by molar-refractivity contribution is 5.85. The summed E-state index contributed by atoms with van der Waals surface area (Å²) in [5.74, 6) is 1.85. The second kappa shape index (κ2) is 7.48. The largest absolute Gasteiger partial charge is 0.316 e. The SMILES string of the molecule is Cl.Cl.Cn1cc(CCN2CCC3CNCC3C2)cn1. The summed E-state index contributed by atoms with van der Waals surface area (Å²) in [4.78, 5) is 2.63. The van der Waals surface area contributed by atoms with E-state index >= 15 is 0 Å². The maximum Gasteiger partial charge on any atom is 0.0522 e. The molecular formula is C13H24Cl2N4. The molecule has 19 heavy (non-hydrogen) atoms. The zero-order valence-electron chi connectivity index (χ0n) is 11.4. The van der Waals surface area contributed by atoms with E-state index in [0.717, 1.165) is 18.3 Å². The van der Waals surface area contributed by atoms with Crippen LogP contribution in [0.25, 0.3) is 0 Å². The van der Waals surface area contributed by atoms with E-state index in [1.165, 1.54) is 44.7 Å². The number of aromatic nitrogens is 2. The van der Waals surface area contributed by atoms with Crippen molar-refractivity contribution in [3.05, 3.63) is 18.0 Å². The van der Waals surface area contributed by atoms with Crippen LogP contribution in [0.5, 0.6) is 0 Å².